The van der Waals surface area contributed by atoms with E-state index in [2.05, 4.69) is 10.2 Å². The summed E-state index contributed by atoms with van der Waals surface area (Å²) >= 11 is 0. The van der Waals surface area contributed by atoms with Crippen LogP contribution in [0.15, 0.2) is 48.5 Å². The summed E-state index contributed by atoms with van der Waals surface area (Å²) in [7, 11) is 0. The maximum absolute atomic E-state index is 12.6. The second-order valence-electron chi connectivity index (χ2n) is 7.99. The lowest BCUT2D eigenvalue weighted by Gasteiger charge is -2.26. The monoisotopic (exact) mass is 407 g/mol. The molecule has 2 aliphatic rings. The molecule has 0 radical (unpaired) electrons. The Morgan fingerprint density at radius 2 is 1.70 bits per heavy atom. The van der Waals surface area contributed by atoms with E-state index < -0.39 is 0 Å². The molecule has 2 amide bonds. The molecule has 0 atom stereocenters. The van der Waals surface area contributed by atoms with Crippen LogP contribution in [-0.4, -0.2) is 54.4 Å². The van der Waals surface area contributed by atoms with Gasteiger partial charge in [-0.05, 0) is 43.0 Å². The molecule has 0 bridgehead atoms. The van der Waals surface area contributed by atoms with Crippen LogP contribution < -0.4 is 10.1 Å². The SMILES string of the molecule is O=C(CN1CCOc2ccccc2C1)NCc1ccc(C(=O)N2CCCCC2)cc1. The van der Waals surface area contributed by atoms with E-state index in [0.29, 0.717) is 26.2 Å². The van der Waals surface area contributed by atoms with Crippen LogP contribution in [0.3, 0.4) is 0 Å². The normalized spacial score (nSPS) is 16.9. The molecule has 6 heteroatoms. The number of fused-ring (bicyclic) bond motifs is 1. The molecule has 6 nitrogen and oxygen atoms in total. The zero-order valence-electron chi connectivity index (χ0n) is 17.3. The Hall–Kier alpha value is -2.86. The summed E-state index contributed by atoms with van der Waals surface area (Å²) in [6, 6.07) is 15.5. The summed E-state index contributed by atoms with van der Waals surface area (Å²) < 4.78 is 5.76. The van der Waals surface area contributed by atoms with Gasteiger partial charge in [0.2, 0.25) is 5.91 Å². The topological polar surface area (TPSA) is 61.9 Å². The van der Waals surface area contributed by atoms with Crippen LogP contribution in [-0.2, 0) is 17.9 Å². The molecular formula is C24H29N3O3. The van der Waals surface area contributed by atoms with Gasteiger partial charge >= 0.3 is 0 Å². The van der Waals surface area contributed by atoms with Crippen molar-refractivity contribution in [2.75, 3.05) is 32.8 Å². The summed E-state index contributed by atoms with van der Waals surface area (Å²) in [6.07, 6.45) is 3.38. The number of para-hydroxylation sites is 1. The molecule has 158 valence electrons. The van der Waals surface area contributed by atoms with E-state index in [1.807, 2.05) is 53.4 Å². The summed E-state index contributed by atoms with van der Waals surface area (Å²) in [5.74, 6) is 0.997. The first kappa shape index (κ1) is 20.4. The number of amides is 2. The molecule has 0 spiro atoms. The first-order valence-corrected chi connectivity index (χ1v) is 10.8. The number of hydrogen-bond acceptors (Lipinski definition) is 4. The van der Waals surface area contributed by atoms with Gasteiger partial charge in [-0.3, -0.25) is 14.5 Å². The van der Waals surface area contributed by atoms with Crippen molar-refractivity contribution in [3.8, 4) is 5.75 Å². The summed E-state index contributed by atoms with van der Waals surface area (Å²) in [5.41, 5.74) is 2.81. The minimum Gasteiger partial charge on any atom is -0.492 e. The van der Waals surface area contributed by atoms with Gasteiger partial charge < -0.3 is 15.0 Å². The van der Waals surface area contributed by atoms with E-state index in [1.54, 1.807) is 0 Å². The van der Waals surface area contributed by atoms with Gasteiger partial charge in [0, 0.05) is 43.9 Å². The molecule has 0 aromatic heterocycles. The maximum atomic E-state index is 12.6. The van der Waals surface area contributed by atoms with Gasteiger partial charge in [-0.2, -0.15) is 0 Å². The number of likely N-dealkylation sites (tertiary alicyclic amines) is 1. The number of ether oxygens (including phenoxy) is 1. The van der Waals surface area contributed by atoms with E-state index in [1.165, 1.54) is 6.42 Å². The Balaban J connectivity index is 1.26. The zero-order chi connectivity index (χ0) is 20.8. The second kappa shape index (κ2) is 9.76. The van der Waals surface area contributed by atoms with Gasteiger partial charge in [0.15, 0.2) is 0 Å². The van der Waals surface area contributed by atoms with Crippen molar-refractivity contribution in [2.24, 2.45) is 0 Å². The molecule has 2 heterocycles. The Kier molecular flexibility index (Phi) is 6.64. The third kappa shape index (κ3) is 5.19. The lowest BCUT2D eigenvalue weighted by atomic mass is 10.1. The second-order valence-corrected chi connectivity index (χ2v) is 7.99. The number of piperidine rings is 1. The third-order valence-corrected chi connectivity index (χ3v) is 5.73. The predicted molar refractivity (Wildman–Crippen MR) is 115 cm³/mol. The highest BCUT2D eigenvalue weighted by Gasteiger charge is 2.19. The van der Waals surface area contributed by atoms with Crippen LogP contribution in [0.25, 0.3) is 0 Å². The molecule has 1 saturated heterocycles. The van der Waals surface area contributed by atoms with Crippen LogP contribution in [0.1, 0.15) is 40.7 Å². The van der Waals surface area contributed by atoms with Crippen LogP contribution in [0, 0.1) is 0 Å². The van der Waals surface area contributed by atoms with E-state index in [0.717, 1.165) is 54.9 Å². The van der Waals surface area contributed by atoms with Crippen molar-refractivity contribution < 1.29 is 14.3 Å². The van der Waals surface area contributed by atoms with Crippen molar-refractivity contribution in [3.63, 3.8) is 0 Å². The molecule has 1 fully saturated rings. The lowest BCUT2D eigenvalue weighted by Crippen LogP contribution is -2.37. The fourth-order valence-electron chi connectivity index (χ4n) is 4.02. The number of benzene rings is 2. The lowest BCUT2D eigenvalue weighted by molar-refractivity contribution is -0.122. The average Bonchev–Trinajstić information content (AvgIpc) is 3.00. The highest BCUT2D eigenvalue weighted by molar-refractivity contribution is 5.94. The minimum atomic E-state index is -0.0112. The largest absolute Gasteiger partial charge is 0.492 e. The van der Waals surface area contributed by atoms with Crippen molar-refractivity contribution in [1.29, 1.82) is 0 Å². The van der Waals surface area contributed by atoms with E-state index >= 15 is 0 Å². The van der Waals surface area contributed by atoms with E-state index in [-0.39, 0.29) is 11.8 Å². The number of nitrogens with one attached hydrogen (secondary N) is 1. The molecule has 2 aromatic carbocycles. The number of hydrogen-bond donors (Lipinski definition) is 1. The highest BCUT2D eigenvalue weighted by atomic mass is 16.5. The summed E-state index contributed by atoms with van der Waals surface area (Å²) in [5, 5.41) is 2.99. The van der Waals surface area contributed by atoms with Gasteiger partial charge in [-0.1, -0.05) is 30.3 Å². The Morgan fingerprint density at radius 1 is 0.933 bits per heavy atom. The summed E-state index contributed by atoms with van der Waals surface area (Å²) in [4.78, 5) is 29.0. The van der Waals surface area contributed by atoms with Gasteiger partial charge in [0.25, 0.3) is 5.91 Å². The Labute approximate surface area is 177 Å². The first-order chi connectivity index (χ1) is 14.7. The smallest absolute Gasteiger partial charge is 0.253 e. The number of nitrogens with zero attached hydrogens (tertiary/aromatic N) is 2. The predicted octanol–water partition coefficient (Wildman–Crippen LogP) is 2.82. The molecule has 2 aromatic rings. The maximum Gasteiger partial charge on any atom is 0.253 e. The Morgan fingerprint density at radius 3 is 2.50 bits per heavy atom. The Bertz CT molecular complexity index is 876. The van der Waals surface area contributed by atoms with Crippen LogP contribution in [0.4, 0.5) is 0 Å². The average molecular weight is 408 g/mol. The van der Waals surface area contributed by atoms with Gasteiger partial charge in [-0.15, -0.1) is 0 Å². The van der Waals surface area contributed by atoms with Crippen LogP contribution in [0.2, 0.25) is 0 Å². The standard InChI is InChI=1S/C24H29N3O3/c28-23(18-26-14-15-30-22-7-3-2-6-21(22)17-26)25-16-19-8-10-20(11-9-19)24(29)27-12-4-1-5-13-27/h2-3,6-11H,1,4-5,12-18H2,(H,25,28). The molecule has 0 aliphatic carbocycles. The van der Waals surface area contributed by atoms with Crippen molar-refractivity contribution in [2.45, 2.75) is 32.4 Å². The van der Waals surface area contributed by atoms with Gasteiger partial charge in [0.1, 0.15) is 12.4 Å². The van der Waals surface area contributed by atoms with Gasteiger partial charge in [0.05, 0.1) is 6.54 Å². The van der Waals surface area contributed by atoms with Gasteiger partial charge in [-0.25, -0.2) is 0 Å². The fraction of sp³-hybridized carbons (Fsp3) is 0.417. The number of rotatable bonds is 5. The van der Waals surface area contributed by atoms with E-state index in [4.69, 9.17) is 4.74 Å². The molecule has 0 unspecified atom stereocenters. The van der Waals surface area contributed by atoms with Crippen LogP contribution >= 0.6 is 0 Å². The molecule has 1 N–H and O–H groups in total. The first-order valence-electron chi connectivity index (χ1n) is 10.8. The van der Waals surface area contributed by atoms with E-state index in [9.17, 15) is 9.59 Å². The zero-order valence-corrected chi connectivity index (χ0v) is 17.3. The third-order valence-electron chi connectivity index (χ3n) is 5.73. The number of carbonyl (C=O) groups excluding carboxylic acids is 2. The van der Waals surface area contributed by atoms with Crippen LogP contribution in [0.5, 0.6) is 5.75 Å². The molecule has 0 saturated carbocycles. The van der Waals surface area contributed by atoms with Crippen molar-refractivity contribution in [3.05, 3.63) is 65.2 Å². The molecule has 30 heavy (non-hydrogen) atoms. The highest BCUT2D eigenvalue weighted by Crippen LogP contribution is 2.22. The molecule has 2 aliphatic heterocycles. The molecular weight excluding hydrogens is 378 g/mol. The minimum absolute atomic E-state index is 0.0112. The molecule has 4 rings (SSSR count). The number of carbonyl (C=O) groups is 2. The van der Waals surface area contributed by atoms with Crippen molar-refractivity contribution >= 4 is 11.8 Å². The quantitative estimate of drug-likeness (QED) is 0.828. The summed E-state index contributed by atoms with van der Waals surface area (Å²) in [6.45, 7) is 4.50. The fourth-order valence-corrected chi connectivity index (χ4v) is 4.02. The van der Waals surface area contributed by atoms with Crippen molar-refractivity contribution in [1.82, 2.24) is 15.1 Å².